The molecule has 0 bridgehead atoms. The number of benzene rings is 2. The number of nitrogens with zero attached hydrogens (tertiary/aromatic N) is 3. The zero-order valence-electron chi connectivity index (χ0n) is 17.1. The summed E-state index contributed by atoms with van der Waals surface area (Å²) in [5.74, 6) is -0.308. The Hall–Kier alpha value is -3.94. The molecule has 3 aromatic rings. The number of hydrogen-bond donors (Lipinski definition) is 2. The molecule has 0 fully saturated rings. The van der Waals surface area contributed by atoms with Crippen molar-refractivity contribution in [1.29, 1.82) is 0 Å². The fourth-order valence-corrected chi connectivity index (χ4v) is 3.34. The maximum Gasteiger partial charge on any atom is 0.267 e. The van der Waals surface area contributed by atoms with Crippen molar-refractivity contribution in [3.8, 4) is 11.5 Å². The normalized spacial score (nSPS) is 15.6. The lowest BCUT2D eigenvalue weighted by molar-refractivity contribution is -0.119. The van der Waals surface area contributed by atoms with Gasteiger partial charge in [-0.3, -0.25) is 14.6 Å². The first kappa shape index (κ1) is 20.3. The van der Waals surface area contributed by atoms with Gasteiger partial charge in [0.1, 0.15) is 18.0 Å². The third-order valence-electron chi connectivity index (χ3n) is 5.04. The van der Waals surface area contributed by atoms with Gasteiger partial charge in [0.2, 0.25) is 11.8 Å². The quantitative estimate of drug-likeness (QED) is 0.613. The van der Waals surface area contributed by atoms with E-state index in [1.807, 2.05) is 61.5 Å². The lowest BCUT2D eigenvalue weighted by Gasteiger charge is -2.20. The molecule has 1 atom stereocenters. The summed E-state index contributed by atoms with van der Waals surface area (Å²) in [5, 5.41) is 8.67. The lowest BCUT2D eigenvalue weighted by Crippen LogP contribution is -2.40. The largest absolute Gasteiger partial charge is 0.444 e. The molecule has 0 spiro atoms. The van der Waals surface area contributed by atoms with Crippen molar-refractivity contribution in [2.75, 3.05) is 11.6 Å². The van der Waals surface area contributed by atoms with Crippen molar-refractivity contribution >= 4 is 23.2 Å². The van der Waals surface area contributed by atoms with Gasteiger partial charge in [-0.15, -0.1) is 0 Å². The molecular weight excluding hydrogens is 394 g/mol. The number of nitrogens with one attached hydrogen (secondary N) is 1. The third-order valence-corrected chi connectivity index (χ3v) is 5.04. The first-order chi connectivity index (χ1) is 15.0. The summed E-state index contributed by atoms with van der Waals surface area (Å²) < 4.78 is 5.55. The van der Waals surface area contributed by atoms with Crippen LogP contribution >= 0.6 is 0 Å². The highest BCUT2D eigenvalue weighted by Gasteiger charge is 2.34. The maximum atomic E-state index is 12.6. The summed E-state index contributed by atoms with van der Waals surface area (Å²) in [5.41, 5.74) is 9.31. The summed E-state index contributed by atoms with van der Waals surface area (Å²) in [6.45, 7) is 2.39. The molecule has 4 rings (SSSR count). The monoisotopic (exact) mass is 417 g/mol. The lowest BCUT2D eigenvalue weighted by atomic mass is 10.1. The first-order valence-corrected chi connectivity index (χ1v) is 10.0. The number of oxazole rings is 1. The van der Waals surface area contributed by atoms with Crippen molar-refractivity contribution < 1.29 is 14.0 Å². The second kappa shape index (κ2) is 8.83. The van der Waals surface area contributed by atoms with Gasteiger partial charge in [-0.1, -0.05) is 35.9 Å². The van der Waals surface area contributed by atoms with E-state index in [0.29, 0.717) is 24.5 Å². The summed E-state index contributed by atoms with van der Waals surface area (Å²) >= 11 is 0. The Kier molecular flexibility index (Phi) is 5.79. The second-order valence-electron chi connectivity index (χ2n) is 7.37. The minimum absolute atomic E-state index is 0.164. The summed E-state index contributed by atoms with van der Waals surface area (Å²) in [6.07, 6.45) is 2.27. The van der Waals surface area contributed by atoms with Crippen LogP contribution in [0.4, 0.5) is 5.69 Å². The molecule has 2 heterocycles. The van der Waals surface area contributed by atoms with E-state index < -0.39 is 11.9 Å². The predicted molar refractivity (Wildman–Crippen MR) is 117 cm³/mol. The maximum absolute atomic E-state index is 12.6. The fourth-order valence-electron chi connectivity index (χ4n) is 3.34. The smallest absolute Gasteiger partial charge is 0.267 e. The number of aryl methyl sites for hydroxylation is 1. The molecule has 0 saturated carbocycles. The Morgan fingerprint density at radius 1 is 1.16 bits per heavy atom. The van der Waals surface area contributed by atoms with Gasteiger partial charge in [0.25, 0.3) is 5.91 Å². The van der Waals surface area contributed by atoms with E-state index in [1.54, 1.807) is 6.26 Å². The molecule has 2 amide bonds. The van der Waals surface area contributed by atoms with Crippen LogP contribution in [0.25, 0.3) is 11.5 Å². The standard InChI is InChI=1S/C23H23N5O3/c1-15-7-9-16(10-8-15)23-26-17(14-31-23)11-12-25-22(30)19-13-20(21(24)29)28(27-19)18-5-3-2-4-6-18/h2-10,14,20H,11-13H2,1H3,(H2,24,29)(H,25,30). The van der Waals surface area contributed by atoms with Crippen molar-refractivity contribution in [3.05, 3.63) is 72.1 Å². The molecule has 1 aliphatic heterocycles. The predicted octanol–water partition coefficient (Wildman–Crippen LogP) is 2.43. The van der Waals surface area contributed by atoms with Crippen LogP contribution in [0.3, 0.4) is 0 Å². The highest BCUT2D eigenvalue weighted by atomic mass is 16.3. The molecule has 1 aliphatic rings. The molecule has 1 aromatic heterocycles. The average molecular weight is 417 g/mol. The molecule has 8 nitrogen and oxygen atoms in total. The van der Waals surface area contributed by atoms with Crippen LogP contribution in [0, 0.1) is 6.92 Å². The van der Waals surface area contributed by atoms with Gasteiger partial charge in [0, 0.05) is 24.9 Å². The summed E-state index contributed by atoms with van der Waals surface area (Å²) in [4.78, 5) is 28.9. The summed E-state index contributed by atoms with van der Waals surface area (Å²) in [7, 11) is 0. The van der Waals surface area contributed by atoms with Crippen LogP contribution in [0.15, 0.2) is 70.4 Å². The van der Waals surface area contributed by atoms with Gasteiger partial charge in [-0.05, 0) is 31.2 Å². The number of anilines is 1. The number of carbonyl (C=O) groups is 2. The van der Waals surface area contributed by atoms with E-state index in [0.717, 1.165) is 16.8 Å². The van der Waals surface area contributed by atoms with Gasteiger partial charge in [0.05, 0.1) is 11.4 Å². The van der Waals surface area contributed by atoms with Gasteiger partial charge in [0.15, 0.2) is 0 Å². The topological polar surface area (TPSA) is 114 Å². The fraction of sp³-hybridized carbons (Fsp3) is 0.217. The Labute approximate surface area is 179 Å². The average Bonchev–Trinajstić information content (AvgIpc) is 3.43. The highest BCUT2D eigenvalue weighted by molar-refractivity contribution is 6.40. The summed E-state index contributed by atoms with van der Waals surface area (Å²) in [6, 6.07) is 16.4. The molecule has 8 heteroatoms. The molecule has 0 radical (unpaired) electrons. The minimum Gasteiger partial charge on any atom is -0.444 e. The van der Waals surface area contributed by atoms with Crippen molar-refractivity contribution in [2.24, 2.45) is 10.8 Å². The molecule has 1 unspecified atom stereocenters. The number of nitrogens with two attached hydrogens (primary N) is 1. The van der Waals surface area contributed by atoms with Crippen LogP contribution < -0.4 is 16.1 Å². The van der Waals surface area contributed by atoms with Crippen molar-refractivity contribution in [3.63, 3.8) is 0 Å². The van der Waals surface area contributed by atoms with E-state index in [1.165, 1.54) is 5.01 Å². The van der Waals surface area contributed by atoms with E-state index in [4.69, 9.17) is 10.2 Å². The molecule has 0 saturated heterocycles. The second-order valence-corrected chi connectivity index (χ2v) is 7.37. The number of primary amides is 1. The van der Waals surface area contributed by atoms with Crippen LogP contribution in [0.5, 0.6) is 0 Å². The van der Waals surface area contributed by atoms with Crippen LogP contribution in [0.1, 0.15) is 17.7 Å². The molecule has 31 heavy (non-hydrogen) atoms. The molecule has 3 N–H and O–H groups in total. The van der Waals surface area contributed by atoms with E-state index in [-0.39, 0.29) is 18.0 Å². The van der Waals surface area contributed by atoms with Crippen LogP contribution in [-0.2, 0) is 16.0 Å². The third kappa shape index (κ3) is 4.63. The SMILES string of the molecule is Cc1ccc(-c2nc(CCNC(=O)C3=NN(c4ccccc4)C(C(N)=O)C3)co2)cc1. The molecule has 2 aromatic carbocycles. The van der Waals surface area contributed by atoms with E-state index in [9.17, 15) is 9.59 Å². The number of aromatic nitrogens is 1. The Bertz CT molecular complexity index is 1110. The van der Waals surface area contributed by atoms with Gasteiger partial charge >= 0.3 is 0 Å². The number of amides is 2. The van der Waals surface area contributed by atoms with Gasteiger partial charge in [-0.2, -0.15) is 5.10 Å². The Morgan fingerprint density at radius 3 is 2.61 bits per heavy atom. The van der Waals surface area contributed by atoms with Gasteiger partial charge in [-0.25, -0.2) is 4.98 Å². The number of carbonyl (C=O) groups excluding carboxylic acids is 2. The number of hydrogen-bond acceptors (Lipinski definition) is 6. The van der Waals surface area contributed by atoms with Crippen molar-refractivity contribution in [2.45, 2.75) is 25.8 Å². The zero-order valence-corrected chi connectivity index (χ0v) is 17.1. The first-order valence-electron chi connectivity index (χ1n) is 10.0. The van der Waals surface area contributed by atoms with E-state index >= 15 is 0 Å². The van der Waals surface area contributed by atoms with Crippen molar-refractivity contribution in [1.82, 2.24) is 10.3 Å². The zero-order chi connectivity index (χ0) is 21.8. The van der Waals surface area contributed by atoms with Crippen LogP contribution in [0.2, 0.25) is 0 Å². The Balaban J connectivity index is 1.36. The minimum atomic E-state index is -0.684. The number of hydrazone groups is 1. The Morgan fingerprint density at radius 2 is 1.90 bits per heavy atom. The van der Waals surface area contributed by atoms with Crippen LogP contribution in [-0.4, -0.2) is 35.1 Å². The number of para-hydroxylation sites is 1. The van der Waals surface area contributed by atoms with E-state index in [2.05, 4.69) is 15.4 Å². The highest BCUT2D eigenvalue weighted by Crippen LogP contribution is 2.24. The molecule has 0 aliphatic carbocycles. The van der Waals surface area contributed by atoms with Gasteiger partial charge < -0.3 is 15.5 Å². The number of rotatable bonds is 7. The molecular formula is C23H23N5O3. The molecule has 158 valence electrons.